The number of carbonyl (C=O) groups excluding carboxylic acids is 2. The molecule has 0 fully saturated rings. The average Bonchev–Trinajstić information content (AvgIpc) is 3.05. The highest BCUT2D eigenvalue weighted by atomic mass is 19.3. The zero-order valence-electron chi connectivity index (χ0n) is 17.0. The molecule has 166 valence electrons. The zero-order chi connectivity index (χ0) is 23.0. The molecule has 0 bridgehead atoms. The summed E-state index contributed by atoms with van der Waals surface area (Å²) in [4.78, 5) is 41.6. The number of esters is 1. The number of anilines is 1. The van der Waals surface area contributed by atoms with Crippen LogP contribution in [0.3, 0.4) is 0 Å². The van der Waals surface area contributed by atoms with Gasteiger partial charge in [-0.2, -0.15) is 0 Å². The first-order chi connectivity index (χ1) is 15.2. The second kappa shape index (κ2) is 7.91. The van der Waals surface area contributed by atoms with Gasteiger partial charge < -0.3 is 24.1 Å². The Morgan fingerprint density at radius 1 is 1.19 bits per heavy atom. The molecule has 0 saturated carbocycles. The Morgan fingerprint density at radius 3 is 2.69 bits per heavy atom. The predicted molar refractivity (Wildman–Crippen MR) is 108 cm³/mol. The Morgan fingerprint density at radius 2 is 1.94 bits per heavy atom. The number of ether oxygens (including phenoxy) is 3. The van der Waals surface area contributed by atoms with Gasteiger partial charge in [0, 0.05) is 30.2 Å². The fourth-order valence-corrected chi connectivity index (χ4v) is 3.18. The van der Waals surface area contributed by atoms with E-state index in [-0.39, 0.29) is 28.1 Å². The van der Waals surface area contributed by atoms with Gasteiger partial charge in [0.05, 0.1) is 5.39 Å². The highest BCUT2D eigenvalue weighted by Crippen LogP contribution is 2.42. The molecule has 4 rings (SSSR count). The topological polar surface area (TPSA) is 109 Å². The number of hydrogen-bond acceptors (Lipinski definition) is 7. The van der Waals surface area contributed by atoms with E-state index >= 15 is 0 Å². The van der Waals surface area contributed by atoms with E-state index in [0.717, 1.165) is 11.8 Å². The fourth-order valence-electron chi connectivity index (χ4n) is 3.18. The van der Waals surface area contributed by atoms with Crippen molar-refractivity contribution in [2.24, 2.45) is 0 Å². The lowest BCUT2D eigenvalue weighted by Crippen LogP contribution is -2.26. The molecule has 1 aliphatic rings. The number of halogens is 2. The normalized spacial score (nSPS) is 13.8. The first-order valence-corrected chi connectivity index (χ1v) is 9.54. The number of benzene rings is 1. The first kappa shape index (κ1) is 21.2. The first-order valence-electron chi connectivity index (χ1n) is 9.54. The number of rotatable bonds is 5. The summed E-state index contributed by atoms with van der Waals surface area (Å²) in [6.07, 6.45) is -2.44. The van der Waals surface area contributed by atoms with E-state index in [4.69, 9.17) is 4.74 Å². The van der Waals surface area contributed by atoms with Gasteiger partial charge in [-0.3, -0.25) is 9.59 Å². The van der Waals surface area contributed by atoms with Crippen LogP contribution < -0.4 is 20.2 Å². The van der Waals surface area contributed by atoms with Crippen LogP contribution in [-0.2, 0) is 16.1 Å². The summed E-state index contributed by atoms with van der Waals surface area (Å²) >= 11 is 0. The summed E-state index contributed by atoms with van der Waals surface area (Å²) in [5, 5.41) is 2.65. The van der Waals surface area contributed by atoms with Crippen molar-refractivity contribution in [1.29, 1.82) is 0 Å². The van der Waals surface area contributed by atoms with Gasteiger partial charge in [-0.1, -0.05) is 0 Å². The van der Waals surface area contributed by atoms with Crippen LogP contribution in [0.15, 0.2) is 41.3 Å². The molecular formula is C21H17F2N3O6. The molecule has 1 aromatic carbocycles. The van der Waals surface area contributed by atoms with Crippen LogP contribution in [0.2, 0.25) is 0 Å². The predicted octanol–water partition coefficient (Wildman–Crippen LogP) is 2.84. The third-order valence-corrected chi connectivity index (χ3v) is 4.64. The Kier molecular flexibility index (Phi) is 5.25. The smallest absolute Gasteiger partial charge is 0.452 e. The van der Waals surface area contributed by atoms with E-state index in [0.29, 0.717) is 12.2 Å². The number of fused-ring (bicyclic) bond motifs is 2. The lowest BCUT2D eigenvalue weighted by molar-refractivity contribution is -0.286. The van der Waals surface area contributed by atoms with Crippen LogP contribution in [0.1, 0.15) is 23.0 Å². The van der Waals surface area contributed by atoms with Crippen LogP contribution >= 0.6 is 0 Å². The molecule has 1 amide bonds. The number of nitrogens with zero attached hydrogens (tertiary/aromatic N) is 2. The number of aryl methyl sites for hydroxylation is 2. The van der Waals surface area contributed by atoms with Crippen molar-refractivity contribution in [3.05, 3.63) is 58.0 Å². The molecule has 1 N–H and O–H groups in total. The lowest BCUT2D eigenvalue weighted by Gasteiger charge is -2.11. The summed E-state index contributed by atoms with van der Waals surface area (Å²) in [5.74, 6) is -2.13. The number of nitrogens with one attached hydrogen (secondary N) is 1. The number of alkyl halides is 2. The maximum absolute atomic E-state index is 13.1. The quantitative estimate of drug-likeness (QED) is 0.602. The van der Waals surface area contributed by atoms with E-state index in [1.54, 1.807) is 23.6 Å². The number of pyridine rings is 2. The molecule has 0 radical (unpaired) electrons. The third kappa shape index (κ3) is 4.09. The Balaban J connectivity index is 1.46. The van der Waals surface area contributed by atoms with Crippen molar-refractivity contribution in [2.75, 3.05) is 11.9 Å². The molecule has 0 unspecified atom stereocenters. The van der Waals surface area contributed by atoms with Crippen LogP contribution in [0, 0.1) is 6.92 Å². The Hall–Kier alpha value is -4.02. The maximum Gasteiger partial charge on any atom is 0.586 e. The van der Waals surface area contributed by atoms with Crippen molar-refractivity contribution in [3.8, 4) is 11.5 Å². The average molecular weight is 445 g/mol. The summed E-state index contributed by atoms with van der Waals surface area (Å²) in [6.45, 7) is 3.38. The van der Waals surface area contributed by atoms with Crippen molar-refractivity contribution in [1.82, 2.24) is 9.55 Å². The molecule has 0 aliphatic carbocycles. The summed E-state index contributed by atoms with van der Waals surface area (Å²) in [7, 11) is 0. The minimum absolute atomic E-state index is 0.131. The van der Waals surface area contributed by atoms with Gasteiger partial charge in [-0.05, 0) is 38.1 Å². The monoisotopic (exact) mass is 445 g/mol. The largest absolute Gasteiger partial charge is 0.586 e. The van der Waals surface area contributed by atoms with Crippen molar-refractivity contribution >= 4 is 28.6 Å². The van der Waals surface area contributed by atoms with Crippen molar-refractivity contribution < 1.29 is 32.6 Å². The molecule has 0 atom stereocenters. The molecule has 9 nitrogen and oxygen atoms in total. The van der Waals surface area contributed by atoms with Gasteiger partial charge in [-0.15, -0.1) is 8.78 Å². The molecule has 1 aliphatic heterocycles. The van der Waals surface area contributed by atoms with Gasteiger partial charge in [-0.25, -0.2) is 9.78 Å². The zero-order valence-corrected chi connectivity index (χ0v) is 17.0. The summed E-state index contributed by atoms with van der Waals surface area (Å²) in [6, 6.07) is 6.91. The van der Waals surface area contributed by atoms with E-state index in [9.17, 15) is 23.2 Å². The van der Waals surface area contributed by atoms with Crippen LogP contribution in [-0.4, -0.2) is 34.3 Å². The summed E-state index contributed by atoms with van der Waals surface area (Å²) in [5.41, 5.74) is 0.507. The molecule has 32 heavy (non-hydrogen) atoms. The number of aromatic nitrogens is 2. The number of carbonyl (C=O) groups is 2. The SMILES string of the molecule is CCn1cc(C(=O)OCC(=O)Nc2ccc3c(c2)OC(F)(F)O3)c(=O)c2ccc(C)nc21. The van der Waals surface area contributed by atoms with Crippen LogP contribution in [0.4, 0.5) is 14.5 Å². The van der Waals surface area contributed by atoms with Gasteiger partial charge in [0.1, 0.15) is 11.2 Å². The Bertz CT molecular complexity index is 1300. The second-order valence-corrected chi connectivity index (χ2v) is 6.94. The molecule has 2 aromatic heterocycles. The summed E-state index contributed by atoms with van der Waals surface area (Å²) < 4.78 is 41.4. The molecule has 0 spiro atoms. The molecular weight excluding hydrogens is 428 g/mol. The highest BCUT2D eigenvalue weighted by Gasteiger charge is 2.43. The van der Waals surface area contributed by atoms with Crippen molar-refractivity contribution in [2.45, 2.75) is 26.7 Å². The fraction of sp³-hybridized carbons (Fsp3) is 0.238. The number of amides is 1. The third-order valence-electron chi connectivity index (χ3n) is 4.64. The molecule has 11 heteroatoms. The Labute approximate surface area is 179 Å². The number of hydrogen-bond donors (Lipinski definition) is 1. The van der Waals surface area contributed by atoms with Crippen LogP contribution in [0.25, 0.3) is 11.0 Å². The van der Waals surface area contributed by atoms with E-state index in [1.165, 1.54) is 18.3 Å². The van der Waals surface area contributed by atoms with E-state index in [2.05, 4.69) is 19.8 Å². The minimum atomic E-state index is -3.78. The standard InChI is InChI=1S/C21H17F2N3O6/c1-3-26-9-14(18(28)13-6-4-11(2)24-19(13)26)20(29)30-10-17(27)25-12-5-7-15-16(8-12)32-21(22,23)31-15/h4-9H,3,10H2,1-2H3,(H,25,27). The van der Waals surface area contributed by atoms with Crippen LogP contribution in [0.5, 0.6) is 11.5 Å². The van der Waals surface area contributed by atoms with Gasteiger partial charge in [0.15, 0.2) is 18.1 Å². The van der Waals surface area contributed by atoms with E-state index < -0.39 is 30.2 Å². The molecule has 3 heterocycles. The highest BCUT2D eigenvalue weighted by molar-refractivity contribution is 5.97. The second-order valence-electron chi connectivity index (χ2n) is 6.94. The van der Waals surface area contributed by atoms with Gasteiger partial charge in [0.25, 0.3) is 5.91 Å². The maximum atomic E-state index is 13.1. The van der Waals surface area contributed by atoms with Gasteiger partial charge >= 0.3 is 12.3 Å². The lowest BCUT2D eigenvalue weighted by atomic mass is 10.2. The minimum Gasteiger partial charge on any atom is -0.452 e. The van der Waals surface area contributed by atoms with E-state index in [1.807, 2.05) is 6.92 Å². The molecule has 3 aromatic rings. The van der Waals surface area contributed by atoms with Gasteiger partial charge in [0.2, 0.25) is 5.43 Å². The van der Waals surface area contributed by atoms with Crippen molar-refractivity contribution in [3.63, 3.8) is 0 Å². The molecule has 0 saturated heterocycles.